The zero-order chi connectivity index (χ0) is 21.7. The minimum absolute atomic E-state index is 0.0287. The fraction of sp³-hybridized carbons (Fsp3) is 0.364. The Morgan fingerprint density at radius 2 is 1.03 bits per heavy atom. The average molecular weight is 406 g/mol. The predicted molar refractivity (Wildman–Crippen MR) is 114 cm³/mol. The maximum absolute atomic E-state index is 11.4. The van der Waals surface area contributed by atoms with Crippen molar-refractivity contribution in [3.8, 4) is 0 Å². The summed E-state index contributed by atoms with van der Waals surface area (Å²) in [6.07, 6.45) is 0. The second-order valence-corrected chi connectivity index (χ2v) is 7.53. The molecule has 1 aliphatic heterocycles. The summed E-state index contributed by atoms with van der Waals surface area (Å²) in [5, 5.41) is 21.2. The SMILES string of the molecule is CC(=O)c1ccc(N=NN2C[C@H](C)N(N=Nc3ccc(C(C)=O)cc3)C[C@H]2C)cc1. The second-order valence-electron chi connectivity index (χ2n) is 7.53. The van der Waals surface area contributed by atoms with Gasteiger partial charge in [0.25, 0.3) is 0 Å². The third-order valence-corrected chi connectivity index (χ3v) is 5.02. The minimum Gasteiger partial charge on any atom is -0.295 e. The molecule has 8 heteroatoms. The molecular formula is C22H26N6O2. The molecule has 0 bridgehead atoms. The molecule has 2 atom stereocenters. The molecule has 0 spiro atoms. The molecule has 0 saturated carbocycles. The third-order valence-electron chi connectivity index (χ3n) is 5.02. The summed E-state index contributed by atoms with van der Waals surface area (Å²) in [5.74, 6) is 0.0574. The molecule has 0 unspecified atom stereocenters. The van der Waals surface area contributed by atoms with Crippen LogP contribution in [0.5, 0.6) is 0 Å². The minimum atomic E-state index is 0.0287. The first-order chi connectivity index (χ1) is 14.3. The predicted octanol–water partition coefficient (Wildman–Crippen LogP) is 5.18. The normalized spacial score (nSPS) is 19.6. The Bertz CT molecular complexity index is 873. The van der Waals surface area contributed by atoms with E-state index in [1.807, 2.05) is 10.0 Å². The molecule has 0 N–H and O–H groups in total. The van der Waals surface area contributed by atoms with Gasteiger partial charge in [-0.2, -0.15) is 0 Å². The van der Waals surface area contributed by atoms with Crippen molar-refractivity contribution in [2.24, 2.45) is 20.7 Å². The highest BCUT2D eigenvalue weighted by molar-refractivity contribution is 5.94. The van der Waals surface area contributed by atoms with E-state index in [4.69, 9.17) is 0 Å². The van der Waals surface area contributed by atoms with Crippen molar-refractivity contribution in [2.75, 3.05) is 13.1 Å². The molecule has 0 amide bonds. The van der Waals surface area contributed by atoms with Crippen LogP contribution in [0, 0.1) is 0 Å². The highest BCUT2D eigenvalue weighted by Gasteiger charge is 2.28. The number of nitrogens with zero attached hydrogens (tertiary/aromatic N) is 6. The van der Waals surface area contributed by atoms with Crippen LogP contribution in [0.15, 0.2) is 69.2 Å². The number of rotatable bonds is 6. The first-order valence-electron chi connectivity index (χ1n) is 9.92. The lowest BCUT2D eigenvalue weighted by molar-refractivity contribution is 0.0360. The smallest absolute Gasteiger partial charge is 0.159 e. The van der Waals surface area contributed by atoms with Crippen molar-refractivity contribution in [1.29, 1.82) is 0 Å². The van der Waals surface area contributed by atoms with Crippen LogP contribution in [0.1, 0.15) is 48.4 Å². The van der Waals surface area contributed by atoms with E-state index in [-0.39, 0.29) is 23.7 Å². The Hall–Kier alpha value is -3.42. The Kier molecular flexibility index (Phi) is 6.66. The van der Waals surface area contributed by atoms with E-state index in [9.17, 15) is 9.59 Å². The van der Waals surface area contributed by atoms with Crippen LogP contribution in [0.3, 0.4) is 0 Å². The van der Waals surface area contributed by atoms with E-state index >= 15 is 0 Å². The van der Waals surface area contributed by atoms with Crippen molar-refractivity contribution in [2.45, 2.75) is 39.8 Å². The summed E-state index contributed by atoms with van der Waals surface area (Å²) in [5.41, 5.74) is 2.73. The number of Topliss-reactive ketones (excluding diaryl/α,β-unsaturated/α-hetero) is 2. The topological polar surface area (TPSA) is 90.1 Å². The lowest BCUT2D eigenvalue weighted by Gasteiger charge is -2.39. The maximum atomic E-state index is 11.4. The zero-order valence-electron chi connectivity index (χ0n) is 17.7. The molecule has 1 saturated heterocycles. The number of carbonyl (C=O) groups is 2. The second kappa shape index (κ2) is 9.39. The molecule has 8 nitrogen and oxygen atoms in total. The molecule has 2 aromatic carbocycles. The zero-order valence-corrected chi connectivity index (χ0v) is 17.7. The highest BCUT2D eigenvalue weighted by atomic mass is 16.1. The summed E-state index contributed by atoms with van der Waals surface area (Å²) in [6, 6.07) is 14.4. The lowest BCUT2D eigenvalue weighted by atomic mass is 10.1. The number of ketones is 2. The van der Waals surface area contributed by atoms with Gasteiger partial charge < -0.3 is 0 Å². The number of hydrogen-bond donors (Lipinski definition) is 0. The molecule has 3 rings (SSSR count). The summed E-state index contributed by atoms with van der Waals surface area (Å²) < 4.78 is 0. The van der Waals surface area contributed by atoms with Gasteiger partial charge in [0.05, 0.1) is 36.5 Å². The van der Waals surface area contributed by atoms with Crippen molar-refractivity contribution < 1.29 is 9.59 Å². The van der Waals surface area contributed by atoms with E-state index in [2.05, 4.69) is 34.5 Å². The van der Waals surface area contributed by atoms with Crippen LogP contribution in [0.25, 0.3) is 0 Å². The van der Waals surface area contributed by atoms with E-state index in [0.717, 1.165) is 0 Å². The number of hydrogen-bond acceptors (Lipinski definition) is 6. The molecular weight excluding hydrogens is 380 g/mol. The first kappa shape index (κ1) is 21.3. The molecule has 1 fully saturated rings. The Balaban J connectivity index is 1.60. The van der Waals surface area contributed by atoms with E-state index in [0.29, 0.717) is 35.6 Å². The molecule has 0 radical (unpaired) electrons. The lowest BCUT2D eigenvalue weighted by Crippen LogP contribution is -2.52. The Morgan fingerprint density at radius 1 is 0.700 bits per heavy atom. The molecule has 1 heterocycles. The Morgan fingerprint density at radius 3 is 1.33 bits per heavy atom. The van der Waals surface area contributed by atoms with Crippen LogP contribution >= 0.6 is 0 Å². The Labute approximate surface area is 176 Å². The van der Waals surface area contributed by atoms with Gasteiger partial charge >= 0.3 is 0 Å². The number of benzene rings is 2. The van der Waals surface area contributed by atoms with Gasteiger partial charge in [-0.25, -0.2) is 0 Å². The van der Waals surface area contributed by atoms with Crippen molar-refractivity contribution in [3.05, 3.63) is 59.7 Å². The van der Waals surface area contributed by atoms with E-state index in [1.54, 1.807) is 48.5 Å². The standard InChI is InChI=1S/C22H26N6O2/c1-15-13-28(26-24-22-11-7-20(8-12-22)18(4)30)16(2)14-27(15)25-23-21-9-5-19(6-10-21)17(3)29/h5-12,15-16H,13-14H2,1-4H3/t15-,16+. The van der Waals surface area contributed by atoms with Gasteiger partial charge in [-0.3, -0.25) is 19.6 Å². The van der Waals surface area contributed by atoms with Gasteiger partial charge in [0.2, 0.25) is 0 Å². The molecule has 0 aliphatic carbocycles. The largest absolute Gasteiger partial charge is 0.295 e. The quantitative estimate of drug-likeness (QED) is 0.488. The van der Waals surface area contributed by atoms with E-state index in [1.165, 1.54) is 13.8 Å². The molecule has 0 aromatic heterocycles. The van der Waals surface area contributed by atoms with Gasteiger partial charge in [-0.15, -0.1) is 10.2 Å². The van der Waals surface area contributed by atoms with Crippen LogP contribution in [0.2, 0.25) is 0 Å². The number of carbonyl (C=O) groups excluding carboxylic acids is 2. The summed E-state index contributed by atoms with van der Waals surface area (Å²) >= 11 is 0. The first-order valence-corrected chi connectivity index (χ1v) is 9.92. The van der Waals surface area contributed by atoms with E-state index < -0.39 is 0 Å². The molecule has 156 valence electrons. The molecule has 2 aromatic rings. The van der Waals surface area contributed by atoms with Crippen LogP contribution in [-0.2, 0) is 0 Å². The fourth-order valence-corrected chi connectivity index (χ4v) is 3.08. The van der Waals surface area contributed by atoms with Crippen molar-refractivity contribution >= 4 is 22.9 Å². The fourth-order valence-electron chi connectivity index (χ4n) is 3.08. The molecule has 1 aliphatic rings. The van der Waals surface area contributed by atoms with Crippen LogP contribution in [0.4, 0.5) is 11.4 Å². The van der Waals surface area contributed by atoms with Crippen LogP contribution in [-0.4, -0.2) is 46.8 Å². The van der Waals surface area contributed by atoms with Gasteiger partial charge in [0.1, 0.15) is 0 Å². The van der Waals surface area contributed by atoms with Crippen molar-refractivity contribution in [1.82, 2.24) is 10.0 Å². The monoisotopic (exact) mass is 406 g/mol. The van der Waals surface area contributed by atoms with Crippen LogP contribution < -0.4 is 0 Å². The van der Waals surface area contributed by atoms with Gasteiger partial charge in [0, 0.05) is 11.1 Å². The van der Waals surface area contributed by atoms with Crippen molar-refractivity contribution in [3.63, 3.8) is 0 Å². The summed E-state index contributed by atoms with van der Waals surface area (Å²) in [7, 11) is 0. The van der Waals surface area contributed by atoms with Gasteiger partial charge in [-0.05, 0) is 76.2 Å². The average Bonchev–Trinajstić information content (AvgIpc) is 2.73. The third kappa shape index (κ3) is 5.34. The highest BCUT2D eigenvalue weighted by Crippen LogP contribution is 2.21. The summed E-state index contributed by atoms with van der Waals surface area (Å²) in [6.45, 7) is 8.54. The van der Waals surface area contributed by atoms with Gasteiger partial charge in [-0.1, -0.05) is 10.4 Å². The number of piperazine rings is 1. The molecule has 30 heavy (non-hydrogen) atoms. The maximum Gasteiger partial charge on any atom is 0.159 e. The van der Waals surface area contributed by atoms with Gasteiger partial charge in [0.15, 0.2) is 11.6 Å². The summed E-state index contributed by atoms with van der Waals surface area (Å²) in [4.78, 5) is 22.7.